The van der Waals surface area contributed by atoms with Crippen LogP contribution in [0.1, 0.15) is 24.8 Å². The fourth-order valence-electron chi connectivity index (χ4n) is 2.37. The molecule has 0 aliphatic carbocycles. The predicted molar refractivity (Wildman–Crippen MR) is 81.1 cm³/mol. The van der Waals surface area contributed by atoms with Crippen LogP contribution in [0.5, 0.6) is 0 Å². The van der Waals surface area contributed by atoms with Gasteiger partial charge >= 0.3 is 0 Å². The van der Waals surface area contributed by atoms with E-state index in [9.17, 15) is 4.39 Å². The minimum Gasteiger partial charge on any atom is -0.389 e. The number of hydrogen-bond donors (Lipinski definition) is 2. The third kappa shape index (κ3) is 4.14. The zero-order chi connectivity index (χ0) is 13.7. The number of hydrogen-bond acceptors (Lipinski definition) is 3. The second kappa shape index (κ2) is 6.82. The third-order valence-electron chi connectivity index (χ3n) is 3.41. The van der Waals surface area contributed by atoms with Crippen molar-refractivity contribution in [3.05, 3.63) is 29.6 Å². The molecule has 1 aromatic rings. The summed E-state index contributed by atoms with van der Waals surface area (Å²) < 4.78 is 13.6. The molecule has 2 rings (SSSR count). The highest BCUT2D eigenvalue weighted by Gasteiger charge is 2.10. The maximum absolute atomic E-state index is 13.6. The Balaban J connectivity index is 1.76. The van der Waals surface area contributed by atoms with Crippen LogP contribution in [0.15, 0.2) is 18.2 Å². The van der Waals surface area contributed by atoms with Crippen molar-refractivity contribution in [1.82, 2.24) is 4.90 Å². The van der Waals surface area contributed by atoms with Crippen LogP contribution in [0.3, 0.4) is 0 Å². The smallest absolute Gasteiger partial charge is 0.135 e. The lowest BCUT2D eigenvalue weighted by molar-refractivity contribution is 0.337. The molecule has 1 saturated heterocycles. The topological polar surface area (TPSA) is 41.3 Å². The lowest BCUT2D eigenvalue weighted by Crippen LogP contribution is -2.22. The van der Waals surface area contributed by atoms with E-state index in [0.29, 0.717) is 5.56 Å². The number of anilines is 1. The van der Waals surface area contributed by atoms with Crippen molar-refractivity contribution in [3.63, 3.8) is 0 Å². The van der Waals surface area contributed by atoms with E-state index in [2.05, 4.69) is 10.2 Å². The minimum atomic E-state index is -0.364. The number of benzene rings is 1. The first-order valence-corrected chi connectivity index (χ1v) is 7.13. The Morgan fingerprint density at radius 2 is 2.11 bits per heavy atom. The monoisotopic (exact) mass is 281 g/mol. The van der Waals surface area contributed by atoms with Gasteiger partial charge in [0.25, 0.3) is 0 Å². The number of likely N-dealkylation sites (tertiary alicyclic amines) is 1. The highest BCUT2D eigenvalue weighted by molar-refractivity contribution is 7.80. The number of halogens is 1. The molecule has 1 heterocycles. The second-order valence-electron chi connectivity index (χ2n) is 4.89. The molecule has 1 aliphatic heterocycles. The summed E-state index contributed by atoms with van der Waals surface area (Å²) in [5, 5.41) is 3.22. The van der Waals surface area contributed by atoms with Crippen molar-refractivity contribution < 1.29 is 4.39 Å². The lowest BCUT2D eigenvalue weighted by Gasteiger charge is -2.14. The van der Waals surface area contributed by atoms with Crippen molar-refractivity contribution in [2.75, 3.05) is 31.5 Å². The van der Waals surface area contributed by atoms with Crippen molar-refractivity contribution in [2.24, 2.45) is 5.73 Å². The van der Waals surface area contributed by atoms with Crippen molar-refractivity contribution in [1.29, 1.82) is 0 Å². The zero-order valence-corrected chi connectivity index (χ0v) is 11.8. The van der Waals surface area contributed by atoms with Crippen LogP contribution < -0.4 is 11.1 Å². The van der Waals surface area contributed by atoms with Gasteiger partial charge in [0.05, 0.1) is 0 Å². The van der Waals surface area contributed by atoms with Crippen LogP contribution in [0.25, 0.3) is 0 Å². The van der Waals surface area contributed by atoms with Crippen LogP contribution >= 0.6 is 12.2 Å². The lowest BCUT2D eigenvalue weighted by atomic mass is 10.2. The Kier molecular flexibility index (Phi) is 5.10. The first-order valence-electron chi connectivity index (χ1n) is 6.72. The van der Waals surface area contributed by atoms with Crippen molar-refractivity contribution in [2.45, 2.75) is 19.3 Å². The molecule has 0 bridgehead atoms. The van der Waals surface area contributed by atoms with Gasteiger partial charge in [-0.2, -0.15) is 0 Å². The van der Waals surface area contributed by atoms with E-state index in [-0.39, 0.29) is 10.8 Å². The molecule has 0 aromatic heterocycles. The van der Waals surface area contributed by atoms with Crippen LogP contribution in [0.4, 0.5) is 10.1 Å². The van der Waals surface area contributed by atoms with Gasteiger partial charge in [-0.25, -0.2) is 4.39 Å². The number of nitrogens with zero attached hydrogens (tertiary/aromatic N) is 1. The summed E-state index contributed by atoms with van der Waals surface area (Å²) in [6.45, 7) is 4.40. The van der Waals surface area contributed by atoms with Crippen LogP contribution in [-0.2, 0) is 0 Å². The molecule has 0 spiro atoms. The van der Waals surface area contributed by atoms with E-state index < -0.39 is 0 Å². The van der Waals surface area contributed by atoms with Gasteiger partial charge in [0.15, 0.2) is 0 Å². The van der Waals surface area contributed by atoms with E-state index >= 15 is 0 Å². The van der Waals surface area contributed by atoms with E-state index in [1.165, 1.54) is 32.0 Å². The van der Waals surface area contributed by atoms with Gasteiger partial charge < -0.3 is 16.0 Å². The predicted octanol–water partition coefficient (Wildman–Crippen LogP) is 2.36. The quantitative estimate of drug-likeness (QED) is 0.620. The zero-order valence-electron chi connectivity index (χ0n) is 11.0. The molecule has 3 N–H and O–H groups in total. The maximum atomic E-state index is 13.6. The molecule has 0 saturated carbocycles. The summed E-state index contributed by atoms with van der Waals surface area (Å²) in [5.74, 6) is -0.364. The van der Waals surface area contributed by atoms with Gasteiger partial charge in [0.1, 0.15) is 10.8 Å². The molecule has 1 fully saturated rings. The molecule has 5 heteroatoms. The maximum Gasteiger partial charge on any atom is 0.135 e. The Morgan fingerprint density at radius 3 is 2.74 bits per heavy atom. The van der Waals surface area contributed by atoms with E-state index in [0.717, 1.165) is 25.2 Å². The molecule has 1 aromatic carbocycles. The Morgan fingerprint density at radius 1 is 1.37 bits per heavy atom. The summed E-state index contributed by atoms with van der Waals surface area (Å²) in [5.41, 5.74) is 6.50. The molecular weight excluding hydrogens is 261 g/mol. The van der Waals surface area contributed by atoms with E-state index in [4.69, 9.17) is 18.0 Å². The summed E-state index contributed by atoms with van der Waals surface area (Å²) >= 11 is 4.77. The Labute approximate surface area is 119 Å². The highest BCUT2D eigenvalue weighted by atomic mass is 32.1. The summed E-state index contributed by atoms with van der Waals surface area (Å²) in [6.07, 6.45) is 3.71. The second-order valence-corrected chi connectivity index (χ2v) is 5.33. The number of nitrogens with two attached hydrogens (primary N) is 1. The fourth-order valence-corrected chi connectivity index (χ4v) is 2.53. The van der Waals surface area contributed by atoms with Gasteiger partial charge in [-0.05, 0) is 57.1 Å². The molecule has 1 aliphatic rings. The molecular formula is C14H20FN3S. The van der Waals surface area contributed by atoms with E-state index in [1.54, 1.807) is 6.07 Å². The third-order valence-corrected chi connectivity index (χ3v) is 3.63. The molecule has 19 heavy (non-hydrogen) atoms. The average Bonchev–Trinajstić information content (AvgIpc) is 2.87. The summed E-state index contributed by atoms with van der Waals surface area (Å²) in [7, 11) is 0. The fraction of sp³-hybridized carbons (Fsp3) is 0.500. The van der Waals surface area contributed by atoms with Crippen molar-refractivity contribution >= 4 is 22.9 Å². The Bertz CT molecular complexity index is 444. The van der Waals surface area contributed by atoms with Gasteiger partial charge in [0.2, 0.25) is 0 Å². The average molecular weight is 281 g/mol. The standard InChI is InChI=1S/C14H20FN3S/c15-13-10-11(4-5-12(13)14(16)19)17-6-3-9-18-7-1-2-8-18/h4-5,10,17H,1-3,6-9H2,(H2,16,19). The largest absolute Gasteiger partial charge is 0.389 e. The van der Waals surface area contributed by atoms with Crippen LogP contribution in [0, 0.1) is 5.82 Å². The SMILES string of the molecule is NC(=S)c1ccc(NCCCN2CCCC2)cc1F. The number of thiocarbonyl (C=S) groups is 1. The molecule has 0 unspecified atom stereocenters. The first kappa shape index (κ1) is 14.2. The van der Waals surface area contributed by atoms with Gasteiger partial charge in [-0.3, -0.25) is 0 Å². The minimum absolute atomic E-state index is 0.0954. The van der Waals surface area contributed by atoms with Gasteiger partial charge in [-0.15, -0.1) is 0 Å². The molecule has 0 radical (unpaired) electrons. The number of nitrogens with one attached hydrogen (secondary N) is 1. The van der Waals surface area contributed by atoms with Gasteiger partial charge in [0, 0.05) is 17.8 Å². The van der Waals surface area contributed by atoms with Crippen molar-refractivity contribution in [3.8, 4) is 0 Å². The number of rotatable bonds is 6. The molecule has 3 nitrogen and oxygen atoms in total. The molecule has 0 atom stereocenters. The van der Waals surface area contributed by atoms with Crippen LogP contribution in [-0.4, -0.2) is 36.1 Å². The normalized spacial score (nSPS) is 15.6. The van der Waals surface area contributed by atoms with E-state index in [1.807, 2.05) is 6.07 Å². The van der Waals surface area contributed by atoms with Crippen LogP contribution in [0.2, 0.25) is 0 Å². The first-order chi connectivity index (χ1) is 9.16. The van der Waals surface area contributed by atoms with Gasteiger partial charge in [-0.1, -0.05) is 12.2 Å². The Hall–Kier alpha value is -1.20. The summed E-state index contributed by atoms with van der Waals surface area (Å²) in [4.78, 5) is 2.57. The highest BCUT2D eigenvalue weighted by Crippen LogP contribution is 2.14. The molecule has 0 amide bonds. The summed E-state index contributed by atoms with van der Waals surface area (Å²) in [6, 6.07) is 4.89. The molecule has 104 valence electrons.